The Morgan fingerprint density at radius 1 is 1.19 bits per heavy atom. The van der Waals surface area contributed by atoms with Crippen LogP contribution in [0.3, 0.4) is 0 Å². The summed E-state index contributed by atoms with van der Waals surface area (Å²) in [4.78, 5) is 26.0. The second-order valence-electron chi connectivity index (χ2n) is 6.38. The fraction of sp³-hybridized carbons (Fsp3) is 0.529. The molecule has 1 aliphatic rings. The number of morpholine rings is 1. The van der Waals surface area contributed by atoms with Crippen LogP contribution in [0.15, 0.2) is 12.1 Å². The highest BCUT2D eigenvalue weighted by Crippen LogP contribution is 2.19. The van der Waals surface area contributed by atoms with Crippen LogP contribution in [0.5, 0.6) is 0 Å². The number of carbonyl (C=O) groups is 2. The van der Waals surface area contributed by atoms with Crippen LogP contribution in [-0.4, -0.2) is 54.6 Å². The van der Waals surface area contributed by atoms with Crippen LogP contribution in [0.1, 0.15) is 20.8 Å². The van der Waals surface area contributed by atoms with Crippen LogP contribution in [0.2, 0.25) is 0 Å². The number of halogens is 3. The van der Waals surface area contributed by atoms with E-state index in [1.807, 2.05) is 18.7 Å². The molecular weight excluding hydrogens is 351 g/mol. The molecule has 1 heterocycles. The first-order chi connectivity index (χ1) is 12.2. The molecule has 1 aromatic rings. The van der Waals surface area contributed by atoms with Gasteiger partial charge in [0, 0.05) is 13.1 Å². The molecule has 3 unspecified atom stereocenters. The summed E-state index contributed by atoms with van der Waals surface area (Å²) >= 11 is 0. The minimum absolute atomic E-state index is 0.00588. The summed E-state index contributed by atoms with van der Waals surface area (Å²) in [6, 6.07) is 1.14. The topological polar surface area (TPSA) is 70.7 Å². The van der Waals surface area contributed by atoms with Gasteiger partial charge in [-0.15, -0.1) is 0 Å². The molecule has 0 radical (unpaired) electrons. The van der Waals surface area contributed by atoms with Crippen molar-refractivity contribution >= 4 is 17.5 Å². The Balaban J connectivity index is 1.87. The maximum Gasteiger partial charge on any atom is 0.243 e. The Labute approximate surface area is 149 Å². The highest BCUT2D eigenvalue weighted by molar-refractivity contribution is 5.95. The van der Waals surface area contributed by atoms with E-state index in [4.69, 9.17) is 4.74 Å². The number of rotatable bonds is 5. The molecule has 26 heavy (non-hydrogen) atoms. The van der Waals surface area contributed by atoms with Gasteiger partial charge in [0.25, 0.3) is 0 Å². The maximum atomic E-state index is 13.5. The molecule has 1 fully saturated rings. The number of hydrogen-bond donors (Lipinski definition) is 2. The van der Waals surface area contributed by atoms with E-state index in [1.54, 1.807) is 6.92 Å². The molecule has 2 N–H and O–H groups in total. The van der Waals surface area contributed by atoms with Gasteiger partial charge in [0.2, 0.25) is 11.8 Å². The fourth-order valence-corrected chi connectivity index (χ4v) is 2.83. The van der Waals surface area contributed by atoms with E-state index in [0.717, 1.165) is 6.07 Å². The molecule has 2 amide bonds. The Bertz CT molecular complexity index is 677. The van der Waals surface area contributed by atoms with Crippen molar-refractivity contribution in [2.75, 3.05) is 25.0 Å². The van der Waals surface area contributed by atoms with E-state index in [1.165, 1.54) is 0 Å². The average Bonchev–Trinajstić information content (AvgIpc) is 2.58. The van der Waals surface area contributed by atoms with Crippen molar-refractivity contribution in [3.63, 3.8) is 0 Å². The lowest BCUT2D eigenvalue weighted by atomic mass is 10.1. The Morgan fingerprint density at radius 2 is 1.81 bits per heavy atom. The molecule has 0 spiro atoms. The summed E-state index contributed by atoms with van der Waals surface area (Å²) in [5.41, 5.74) is -0.493. The molecule has 0 aromatic heterocycles. The number of nitrogens with zero attached hydrogens (tertiary/aromatic N) is 1. The zero-order valence-corrected chi connectivity index (χ0v) is 14.8. The number of benzene rings is 1. The van der Waals surface area contributed by atoms with E-state index in [0.29, 0.717) is 19.2 Å². The lowest BCUT2D eigenvalue weighted by Crippen LogP contribution is -2.54. The standard InChI is InChI=1S/C17H22F3N3O3/c1-9-7-23(8-10(2)26-9)11(3)17(25)21-6-14(24)22-13-5-4-12(18)15(19)16(13)20/h4-5,9-11H,6-8H2,1-3H3,(H,21,25)(H,22,24). The Morgan fingerprint density at radius 3 is 2.42 bits per heavy atom. The van der Waals surface area contributed by atoms with Crippen LogP contribution in [0.25, 0.3) is 0 Å². The smallest absolute Gasteiger partial charge is 0.243 e. The molecule has 9 heteroatoms. The summed E-state index contributed by atoms with van der Waals surface area (Å²) in [5.74, 6) is -5.63. The molecular formula is C17H22F3N3O3. The zero-order valence-electron chi connectivity index (χ0n) is 14.8. The SMILES string of the molecule is CC1CN(C(C)C(=O)NCC(=O)Nc2ccc(F)c(F)c2F)CC(C)O1. The maximum absolute atomic E-state index is 13.5. The predicted octanol–water partition coefficient (Wildman–Crippen LogP) is 1.66. The third kappa shape index (κ3) is 4.95. The lowest BCUT2D eigenvalue weighted by molar-refractivity contribution is -0.133. The van der Waals surface area contributed by atoms with E-state index in [-0.39, 0.29) is 18.1 Å². The van der Waals surface area contributed by atoms with Crippen LogP contribution in [-0.2, 0) is 14.3 Å². The van der Waals surface area contributed by atoms with Gasteiger partial charge in [-0.3, -0.25) is 14.5 Å². The first-order valence-corrected chi connectivity index (χ1v) is 8.29. The van der Waals surface area contributed by atoms with Crippen molar-refractivity contribution < 1.29 is 27.5 Å². The third-order valence-electron chi connectivity index (χ3n) is 4.11. The van der Waals surface area contributed by atoms with Crippen LogP contribution < -0.4 is 10.6 Å². The molecule has 1 aromatic carbocycles. The minimum Gasteiger partial charge on any atom is -0.373 e. The van der Waals surface area contributed by atoms with Crippen LogP contribution in [0, 0.1) is 17.5 Å². The largest absolute Gasteiger partial charge is 0.373 e. The predicted molar refractivity (Wildman–Crippen MR) is 89.0 cm³/mol. The third-order valence-corrected chi connectivity index (χ3v) is 4.11. The van der Waals surface area contributed by atoms with Gasteiger partial charge in [-0.05, 0) is 32.9 Å². The van der Waals surface area contributed by atoms with E-state index < -0.39 is 41.6 Å². The molecule has 6 nitrogen and oxygen atoms in total. The molecule has 0 aliphatic carbocycles. The molecule has 0 saturated carbocycles. The number of hydrogen-bond acceptors (Lipinski definition) is 4. The minimum atomic E-state index is -1.67. The zero-order chi connectivity index (χ0) is 19.4. The molecule has 2 rings (SSSR count). The number of anilines is 1. The van der Waals surface area contributed by atoms with Gasteiger partial charge in [0.15, 0.2) is 17.5 Å². The quantitative estimate of drug-likeness (QED) is 0.770. The monoisotopic (exact) mass is 373 g/mol. The van der Waals surface area contributed by atoms with Crippen molar-refractivity contribution in [1.29, 1.82) is 0 Å². The van der Waals surface area contributed by atoms with Gasteiger partial charge in [0.1, 0.15) is 0 Å². The number of ether oxygens (including phenoxy) is 1. The summed E-state index contributed by atoms with van der Waals surface area (Å²) in [5, 5.41) is 4.55. The average molecular weight is 373 g/mol. The summed E-state index contributed by atoms with van der Waals surface area (Å²) in [6.07, 6.45) is -0.0118. The highest BCUT2D eigenvalue weighted by atomic mass is 19.2. The lowest BCUT2D eigenvalue weighted by Gasteiger charge is -2.38. The molecule has 0 bridgehead atoms. The van der Waals surface area contributed by atoms with Gasteiger partial charge in [-0.1, -0.05) is 0 Å². The molecule has 1 aliphatic heterocycles. The second-order valence-corrected chi connectivity index (χ2v) is 6.38. The van der Waals surface area contributed by atoms with Gasteiger partial charge >= 0.3 is 0 Å². The first kappa shape index (κ1) is 20.2. The molecule has 144 valence electrons. The van der Waals surface area contributed by atoms with Crippen LogP contribution in [0.4, 0.5) is 18.9 Å². The summed E-state index contributed by atoms with van der Waals surface area (Å²) < 4.78 is 45.2. The number of carbonyl (C=O) groups excluding carboxylic acids is 2. The number of amides is 2. The van der Waals surface area contributed by atoms with Gasteiger partial charge in [0.05, 0.1) is 30.5 Å². The Kier molecular flexibility index (Phi) is 6.60. The van der Waals surface area contributed by atoms with Gasteiger partial charge < -0.3 is 15.4 Å². The van der Waals surface area contributed by atoms with Crippen molar-refractivity contribution in [2.24, 2.45) is 0 Å². The van der Waals surface area contributed by atoms with Crippen LogP contribution >= 0.6 is 0 Å². The van der Waals surface area contributed by atoms with E-state index in [2.05, 4.69) is 10.6 Å². The first-order valence-electron chi connectivity index (χ1n) is 8.29. The Hall–Kier alpha value is -2.13. The molecule has 1 saturated heterocycles. The van der Waals surface area contributed by atoms with Gasteiger partial charge in [-0.2, -0.15) is 0 Å². The van der Waals surface area contributed by atoms with Crippen molar-refractivity contribution in [3.05, 3.63) is 29.6 Å². The van der Waals surface area contributed by atoms with Crippen molar-refractivity contribution in [2.45, 2.75) is 39.0 Å². The normalized spacial score (nSPS) is 21.9. The summed E-state index contributed by atoms with van der Waals surface area (Å²) in [6.45, 7) is 6.30. The second kappa shape index (κ2) is 8.50. The van der Waals surface area contributed by atoms with E-state index >= 15 is 0 Å². The van der Waals surface area contributed by atoms with Crippen molar-refractivity contribution in [3.8, 4) is 0 Å². The van der Waals surface area contributed by atoms with E-state index in [9.17, 15) is 22.8 Å². The number of nitrogens with one attached hydrogen (secondary N) is 2. The molecule has 3 atom stereocenters. The van der Waals surface area contributed by atoms with Crippen molar-refractivity contribution in [1.82, 2.24) is 10.2 Å². The fourth-order valence-electron chi connectivity index (χ4n) is 2.83. The van der Waals surface area contributed by atoms with Gasteiger partial charge in [-0.25, -0.2) is 13.2 Å². The summed E-state index contributed by atoms with van der Waals surface area (Å²) in [7, 11) is 0. The highest BCUT2D eigenvalue weighted by Gasteiger charge is 2.29.